The van der Waals surface area contributed by atoms with Crippen LogP contribution in [0, 0.1) is 18.8 Å². The third-order valence-electron chi connectivity index (χ3n) is 6.06. The molecule has 6 heteroatoms. The minimum absolute atomic E-state index is 0.179. The summed E-state index contributed by atoms with van der Waals surface area (Å²) in [7, 11) is 1.68. The van der Waals surface area contributed by atoms with Gasteiger partial charge >= 0.3 is 0 Å². The summed E-state index contributed by atoms with van der Waals surface area (Å²) in [6, 6.07) is 8.62. The van der Waals surface area contributed by atoms with Crippen LogP contribution in [-0.2, 0) is 6.54 Å². The molecule has 0 radical (unpaired) electrons. The number of aromatic amines is 1. The monoisotopic (exact) mass is 355 g/mol. The molecule has 2 fully saturated rings. The standard InChI is InChI=1S/C20H25N3O3/c1-11-22-19(24)16(20(25)23-11)10-21-18-15-5-3-4-14(15)17(18)12-6-8-13(26-2)9-7-12/h6-9,14-15,17-18,21H,3-5,10H2,1-2H3,(H2,22,23,24,25)/t14-,15-,17-,18-/m1/s1. The Bertz CT molecular complexity index is 846. The lowest BCUT2D eigenvalue weighted by Crippen LogP contribution is -2.54. The highest BCUT2D eigenvalue weighted by Gasteiger charge is 2.52. The number of aromatic nitrogens is 2. The molecule has 0 aliphatic heterocycles. The van der Waals surface area contributed by atoms with Crippen molar-refractivity contribution in [2.24, 2.45) is 11.8 Å². The van der Waals surface area contributed by atoms with Crippen molar-refractivity contribution in [3.8, 4) is 11.6 Å². The first-order valence-corrected chi connectivity index (χ1v) is 9.24. The summed E-state index contributed by atoms with van der Waals surface area (Å²) in [5.74, 6) is 2.88. The van der Waals surface area contributed by atoms with E-state index in [-0.39, 0.29) is 11.4 Å². The van der Waals surface area contributed by atoms with E-state index in [1.54, 1.807) is 14.0 Å². The summed E-state index contributed by atoms with van der Waals surface area (Å²) in [4.78, 5) is 18.7. The number of methoxy groups -OCH3 is 1. The van der Waals surface area contributed by atoms with Crippen LogP contribution in [-0.4, -0.2) is 28.2 Å². The summed E-state index contributed by atoms with van der Waals surface area (Å²) in [6.07, 6.45) is 3.75. The van der Waals surface area contributed by atoms with Gasteiger partial charge in [0.1, 0.15) is 11.6 Å². The summed E-state index contributed by atoms with van der Waals surface area (Å²) in [5, 5.41) is 13.6. The predicted octanol–water partition coefficient (Wildman–Crippen LogP) is 2.46. The molecule has 1 aromatic carbocycles. The van der Waals surface area contributed by atoms with Gasteiger partial charge in [-0.15, -0.1) is 0 Å². The third kappa shape index (κ3) is 2.88. The normalized spacial score (nSPS) is 27.0. The van der Waals surface area contributed by atoms with E-state index in [1.807, 2.05) is 12.1 Å². The minimum Gasteiger partial charge on any atom is -0.497 e. The Kier molecular flexibility index (Phi) is 4.44. The first-order chi connectivity index (χ1) is 12.6. The van der Waals surface area contributed by atoms with E-state index in [0.29, 0.717) is 41.7 Å². The van der Waals surface area contributed by atoms with Crippen molar-refractivity contribution < 1.29 is 9.84 Å². The van der Waals surface area contributed by atoms with E-state index < -0.39 is 0 Å². The number of H-pyrrole nitrogens is 1. The van der Waals surface area contributed by atoms with Crippen LogP contribution >= 0.6 is 0 Å². The number of ether oxygens (including phenoxy) is 1. The SMILES string of the molecule is COc1ccc([C@@H]2[C@@H]3CCC[C@H]3[C@H]2NCc2c(O)nc(C)[nH]c2=O)cc1. The summed E-state index contributed by atoms with van der Waals surface area (Å²) >= 11 is 0. The Morgan fingerprint density at radius 2 is 2.00 bits per heavy atom. The van der Waals surface area contributed by atoms with Crippen LogP contribution in [0.5, 0.6) is 11.6 Å². The summed E-state index contributed by atoms with van der Waals surface area (Å²) < 4.78 is 5.27. The van der Waals surface area contributed by atoms with Crippen molar-refractivity contribution in [1.29, 1.82) is 0 Å². The molecule has 1 aromatic heterocycles. The van der Waals surface area contributed by atoms with Gasteiger partial charge in [-0.3, -0.25) is 4.79 Å². The molecule has 26 heavy (non-hydrogen) atoms. The van der Waals surface area contributed by atoms with Crippen molar-refractivity contribution in [2.45, 2.75) is 44.7 Å². The van der Waals surface area contributed by atoms with Gasteiger partial charge in [-0.1, -0.05) is 18.6 Å². The molecule has 4 rings (SSSR count). The molecule has 6 nitrogen and oxygen atoms in total. The number of benzene rings is 1. The lowest BCUT2D eigenvalue weighted by molar-refractivity contribution is 0.0937. The fraction of sp³-hybridized carbons (Fsp3) is 0.500. The average Bonchev–Trinajstić information content (AvgIpc) is 3.01. The maximum absolute atomic E-state index is 12.1. The number of rotatable bonds is 5. The molecule has 2 saturated carbocycles. The van der Waals surface area contributed by atoms with Gasteiger partial charge < -0.3 is 20.1 Å². The fourth-order valence-electron chi connectivity index (χ4n) is 4.83. The zero-order valence-corrected chi connectivity index (χ0v) is 15.2. The van der Waals surface area contributed by atoms with Gasteiger partial charge in [-0.2, -0.15) is 0 Å². The van der Waals surface area contributed by atoms with E-state index in [1.165, 1.54) is 24.8 Å². The Balaban J connectivity index is 1.53. The van der Waals surface area contributed by atoms with Crippen molar-refractivity contribution >= 4 is 0 Å². The molecule has 0 saturated heterocycles. The number of fused-ring (bicyclic) bond motifs is 1. The van der Waals surface area contributed by atoms with E-state index in [0.717, 1.165) is 5.75 Å². The second-order valence-corrected chi connectivity index (χ2v) is 7.42. The van der Waals surface area contributed by atoms with Crippen molar-refractivity contribution in [1.82, 2.24) is 15.3 Å². The van der Waals surface area contributed by atoms with Gasteiger partial charge in [0, 0.05) is 18.5 Å². The van der Waals surface area contributed by atoms with E-state index in [2.05, 4.69) is 27.4 Å². The van der Waals surface area contributed by atoms with Crippen LogP contribution in [0.15, 0.2) is 29.1 Å². The minimum atomic E-state index is -0.272. The molecule has 2 aliphatic carbocycles. The average molecular weight is 355 g/mol. The molecule has 2 aromatic rings. The lowest BCUT2D eigenvalue weighted by atomic mass is 9.60. The molecular formula is C20H25N3O3. The van der Waals surface area contributed by atoms with Gasteiger partial charge in [0.2, 0.25) is 5.88 Å². The smallest absolute Gasteiger partial charge is 0.259 e. The maximum atomic E-state index is 12.1. The van der Waals surface area contributed by atoms with Crippen molar-refractivity contribution in [2.75, 3.05) is 7.11 Å². The Morgan fingerprint density at radius 3 is 2.69 bits per heavy atom. The summed E-state index contributed by atoms with van der Waals surface area (Å²) in [6.45, 7) is 1.99. The molecule has 138 valence electrons. The third-order valence-corrected chi connectivity index (χ3v) is 6.06. The summed E-state index contributed by atoms with van der Waals surface area (Å²) in [5.41, 5.74) is 1.35. The number of aromatic hydroxyl groups is 1. The molecule has 2 aliphatic rings. The van der Waals surface area contributed by atoms with Gasteiger partial charge in [0.15, 0.2) is 0 Å². The van der Waals surface area contributed by atoms with Crippen LogP contribution in [0.3, 0.4) is 0 Å². The predicted molar refractivity (Wildman–Crippen MR) is 98.5 cm³/mol. The molecule has 0 bridgehead atoms. The highest BCUT2D eigenvalue weighted by Crippen LogP contribution is 2.56. The zero-order chi connectivity index (χ0) is 18.3. The second kappa shape index (κ2) is 6.76. The molecular weight excluding hydrogens is 330 g/mol. The van der Waals surface area contributed by atoms with E-state index in [4.69, 9.17) is 4.74 Å². The molecule has 1 heterocycles. The molecule has 0 unspecified atom stereocenters. The number of aryl methyl sites for hydroxylation is 1. The number of nitrogens with zero attached hydrogens (tertiary/aromatic N) is 1. The van der Waals surface area contributed by atoms with Gasteiger partial charge in [0.05, 0.1) is 12.7 Å². The highest BCUT2D eigenvalue weighted by molar-refractivity contribution is 5.34. The molecule has 0 amide bonds. The number of hydrogen-bond donors (Lipinski definition) is 3. The number of hydrogen-bond acceptors (Lipinski definition) is 5. The van der Waals surface area contributed by atoms with Crippen LogP contribution in [0.2, 0.25) is 0 Å². The van der Waals surface area contributed by atoms with Crippen LogP contribution in [0.1, 0.15) is 42.1 Å². The largest absolute Gasteiger partial charge is 0.497 e. The number of nitrogens with one attached hydrogen (secondary N) is 2. The van der Waals surface area contributed by atoms with Crippen molar-refractivity contribution in [3.05, 3.63) is 51.6 Å². The highest BCUT2D eigenvalue weighted by atomic mass is 16.5. The van der Waals surface area contributed by atoms with Gasteiger partial charge in [0.25, 0.3) is 5.56 Å². The molecule has 0 spiro atoms. The van der Waals surface area contributed by atoms with Crippen LogP contribution in [0.25, 0.3) is 0 Å². The Morgan fingerprint density at radius 1 is 1.27 bits per heavy atom. The van der Waals surface area contributed by atoms with Gasteiger partial charge in [-0.25, -0.2) is 4.98 Å². The Hall–Kier alpha value is -2.34. The fourth-order valence-corrected chi connectivity index (χ4v) is 4.83. The molecule has 4 atom stereocenters. The van der Waals surface area contributed by atoms with E-state index in [9.17, 15) is 9.90 Å². The first kappa shape index (κ1) is 17.1. The topological polar surface area (TPSA) is 87.2 Å². The second-order valence-electron chi connectivity index (χ2n) is 7.42. The quantitative estimate of drug-likeness (QED) is 0.767. The zero-order valence-electron chi connectivity index (χ0n) is 15.2. The van der Waals surface area contributed by atoms with Gasteiger partial charge in [-0.05, 0) is 49.3 Å². The van der Waals surface area contributed by atoms with Crippen LogP contribution < -0.4 is 15.6 Å². The first-order valence-electron chi connectivity index (χ1n) is 9.24. The van der Waals surface area contributed by atoms with Crippen molar-refractivity contribution in [3.63, 3.8) is 0 Å². The Labute approximate surface area is 152 Å². The van der Waals surface area contributed by atoms with Crippen LogP contribution in [0.4, 0.5) is 0 Å². The maximum Gasteiger partial charge on any atom is 0.259 e. The lowest BCUT2D eigenvalue weighted by Gasteiger charge is -2.50. The molecule has 3 N–H and O–H groups in total. The van der Waals surface area contributed by atoms with E-state index >= 15 is 0 Å².